The summed E-state index contributed by atoms with van der Waals surface area (Å²) in [5.74, 6) is 1.00. The molecule has 2 aliphatic rings. The van der Waals surface area contributed by atoms with Crippen LogP contribution in [0, 0.1) is 5.92 Å². The summed E-state index contributed by atoms with van der Waals surface area (Å²) in [6, 6.07) is 0.139. The van der Waals surface area contributed by atoms with Gasteiger partial charge in [-0.1, -0.05) is 6.92 Å². The maximum absolute atomic E-state index is 11.7. The van der Waals surface area contributed by atoms with E-state index in [0.717, 1.165) is 45.1 Å². The van der Waals surface area contributed by atoms with Gasteiger partial charge in [-0.15, -0.1) is 12.4 Å². The highest BCUT2D eigenvalue weighted by Crippen LogP contribution is 2.17. The standard InChI is InChI=1S/C12H23N3O.ClH/c1-2-15(11-5-8-14-12(11)16)9-10-3-6-13-7-4-10;/h10-11,13H,2-9H2,1H3,(H,14,16);1H. The van der Waals surface area contributed by atoms with Gasteiger partial charge in [0.1, 0.15) is 0 Å². The molecule has 2 rings (SSSR count). The number of halogens is 1. The van der Waals surface area contributed by atoms with Crippen molar-refractivity contribution in [3.63, 3.8) is 0 Å². The predicted molar refractivity (Wildman–Crippen MR) is 71.5 cm³/mol. The lowest BCUT2D eigenvalue weighted by molar-refractivity contribution is -0.123. The van der Waals surface area contributed by atoms with Crippen molar-refractivity contribution in [3.05, 3.63) is 0 Å². The lowest BCUT2D eigenvalue weighted by Gasteiger charge is -2.32. The molecule has 2 heterocycles. The first-order valence-electron chi connectivity index (χ1n) is 6.53. The van der Waals surface area contributed by atoms with Crippen LogP contribution in [0.1, 0.15) is 26.2 Å². The first-order valence-corrected chi connectivity index (χ1v) is 6.53. The summed E-state index contributed by atoms with van der Waals surface area (Å²) >= 11 is 0. The zero-order valence-corrected chi connectivity index (χ0v) is 11.4. The smallest absolute Gasteiger partial charge is 0.237 e. The molecule has 17 heavy (non-hydrogen) atoms. The molecule has 0 bridgehead atoms. The van der Waals surface area contributed by atoms with Gasteiger partial charge in [-0.05, 0) is 44.8 Å². The van der Waals surface area contributed by atoms with Crippen LogP contribution < -0.4 is 10.6 Å². The molecule has 5 heteroatoms. The highest BCUT2D eigenvalue weighted by Gasteiger charge is 2.30. The van der Waals surface area contributed by atoms with E-state index in [0.29, 0.717) is 0 Å². The number of rotatable bonds is 4. The van der Waals surface area contributed by atoms with Crippen molar-refractivity contribution in [2.75, 3.05) is 32.7 Å². The van der Waals surface area contributed by atoms with Crippen molar-refractivity contribution in [1.82, 2.24) is 15.5 Å². The summed E-state index contributed by atoms with van der Waals surface area (Å²) in [7, 11) is 0. The number of carbonyl (C=O) groups excluding carboxylic acids is 1. The van der Waals surface area contributed by atoms with Crippen LogP contribution in [0.25, 0.3) is 0 Å². The van der Waals surface area contributed by atoms with Crippen LogP contribution in [0.3, 0.4) is 0 Å². The van der Waals surface area contributed by atoms with E-state index in [9.17, 15) is 4.79 Å². The molecule has 0 radical (unpaired) electrons. The lowest BCUT2D eigenvalue weighted by Crippen LogP contribution is -2.44. The molecule has 0 aromatic rings. The van der Waals surface area contributed by atoms with Gasteiger partial charge < -0.3 is 10.6 Å². The number of piperidine rings is 1. The zero-order valence-electron chi connectivity index (χ0n) is 10.6. The van der Waals surface area contributed by atoms with Crippen molar-refractivity contribution in [2.24, 2.45) is 5.92 Å². The Morgan fingerprint density at radius 3 is 2.47 bits per heavy atom. The fraction of sp³-hybridized carbons (Fsp3) is 0.917. The molecule has 0 aromatic carbocycles. The number of amides is 1. The number of likely N-dealkylation sites (N-methyl/N-ethyl adjacent to an activating group) is 1. The van der Waals surface area contributed by atoms with Crippen LogP contribution in [0.4, 0.5) is 0 Å². The van der Waals surface area contributed by atoms with E-state index >= 15 is 0 Å². The molecule has 2 aliphatic heterocycles. The molecular weight excluding hydrogens is 238 g/mol. The Balaban J connectivity index is 0.00000144. The summed E-state index contributed by atoms with van der Waals surface area (Å²) in [4.78, 5) is 14.0. The van der Waals surface area contributed by atoms with E-state index < -0.39 is 0 Å². The fourth-order valence-corrected chi connectivity index (χ4v) is 2.80. The van der Waals surface area contributed by atoms with E-state index in [1.165, 1.54) is 12.8 Å². The van der Waals surface area contributed by atoms with Gasteiger partial charge in [0.2, 0.25) is 5.91 Å². The fourth-order valence-electron chi connectivity index (χ4n) is 2.80. The predicted octanol–water partition coefficient (Wildman–Crippen LogP) is 0.618. The maximum atomic E-state index is 11.7. The van der Waals surface area contributed by atoms with Gasteiger partial charge in [0.05, 0.1) is 6.04 Å². The molecule has 1 atom stereocenters. The Labute approximate surface area is 110 Å². The van der Waals surface area contributed by atoms with E-state index in [2.05, 4.69) is 22.5 Å². The van der Waals surface area contributed by atoms with E-state index in [1.54, 1.807) is 0 Å². The second-order valence-corrected chi connectivity index (χ2v) is 4.88. The summed E-state index contributed by atoms with van der Waals surface area (Å²) in [5.41, 5.74) is 0. The lowest BCUT2D eigenvalue weighted by atomic mass is 9.96. The average Bonchev–Trinajstić information content (AvgIpc) is 2.74. The molecular formula is C12H24ClN3O. The largest absolute Gasteiger partial charge is 0.355 e. The quantitative estimate of drug-likeness (QED) is 0.780. The van der Waals surface area contributed by atoms with Gasteiger partial charge in [-0.3, -0.25) is 9.69 Å². The van der Waals surface area contributed by atoms with Gasteiger partial charge in [0.15, 0.2) is 0 Å². The molecule has 4 nitrogen and oxygen atoms in total. The Morgan fingerprint density at radius 1 is 1.24 bits per heavy atom. The van der Waals surface area contributed by atoms with Crippen molar-refractivity contribution >= 4 is 18.3 Å². The number of hydrogen-bond donors (Lipinski definition) is 2. The second kappa shape index (κ2) is 7.19. The minimum atomic E-state index is 0. The highest BCUT2D eigenvalue weighted by molar-refractivity contribution is 5.85. The van der Waals surface area contributed by atoms with Gasteiger partial charge >= 0.3 is 0 Å². The number of carbonyl (C=O) groups is 1. The summed E-state index contributed by atoms with van der Waals surface area (Å²) in [6.45, 7) is 7.37. The number of nitrogens with one attached hydrogen (secondary N) is 2. The normalized spacial score (nSPS) is 25.8. The number of hydrogen-bond acceptors (Lipinski definition) is 3. The zero-order chi connectivity index (χ0) is 11.4. The molecule has 0 aliphatic carbocycles. The third-order valence-electron chi connectivity index (χ3n) is 3.82. The van der Waals surface area contributed by atoms with Crippen LogP contribution in [-0.2, 0) is 4.79 Å². The van der Waals surface area contributed by atoms with Crippen LogP contribution in [0.15, 0.2) is 0 Å². The molecule has 1 unspecified atom stereocenters. The van der Waals surface area contributed by atoms with Gasteiger partial charge in [-0.2, -0.15) is 0 Å². The van der Waals surface area contributed by atoms with Crippen LogP contribution >= 0.6 is 12.4 Å². The first kappa shape index (κ1) is 14.7. The Bertz CT molecular complexity index is 244. The molecule has 0 spiro atoms. The second-order valence-electron chi connectivity index (χ2n) is 4.88. The molecule has 1 amide bonds. The van der Waals surface area contributed by atoms with E-state index in [4.69, 9.17) is 0 Å². The molecule has 2 saturated heterocycles. The van der Waals surface area contributed by atoms with Crippen molar-refractivity contribution in [3.8, 4) is 0 Å². The number of nitrogens with zero attached hydrogens (tertiary/aromatic N) is 1. The molecule has 2 N–H and O–H groups in total. The molecule has 2 fully saturated rings. The van der Waals surface area contributed by atoms with Crippen molar-refractivity contribution in [1.29, 1.82) is 0 Å². The Hall–Kier alpha value is -0.320. The van der Waals surface area contributed by atoms with Crippen LogP contribution in [0.5, 0.6) is 0 Å². The summed E-state index contributed by atoms with van der Waals surface area (Å²) < 4.78 is 0. The van der Waals surface area contributed by atoms with E-state index in [1.807, 2.05) is 0 Å². The SMILES string of the molecule is CCN(CC1CCNCC1)C1CCNC1=O.Cl. The van der Waals surface area contributed by atoms with Crippen molar-refractivity contribution in [2.45, 2.75) is 32.2 Å². The Morgan fingerprint density at radius 2 is 1.94 bits per heavy atom. The first-order chi connectivity index (χ1) is 7.81. The monoisotopic (exact) mass is 261 g/mol. The van der Waals surface area contributed by atoms with Gasteiger partial charge in [0.25, 0.3) is 0 Å². The topological polar surface area (TPSA) is 44.4 Å². The summed E-state index contributed by atoms with van der Waals surface area (Å²) in [5, 5.41) is 6.32. The highest BCUT2D eigenvalue weighted by atomic mass is 35.5. The molecule has 100 valence electrons. The molecule has 0 aromatic heterocycles. The van der Waals surface area contributed by atoms with Crippen LogP contribution in [0.2, 0.25) is 0 Å². The molecule has 0 saturated carbocycles. The average molecular weight is 262 g/mol. The van der Waals surface area contributed by atoms with Gasteiger partial charge in [0, 0.05) is 13.1 Å². The third kappa shape index (κ3) is 3.83. The maximum Gasteiger partial charge on any atom is 0.237 e. The Kier molecular flexibility index (Phi) is 6.23. The van der Waals surface area contributed by atoms with Crippen LogP contribution in [-0.4, -0.2) is 49.6 Å². The van der Waals surface area contributed by atoms with E-state index in [-0.39, 0.29) is 24.4 Å². The minimum Gasteiger partial charge on any atom is -0.355 e. The third-order valence-corrected chi connectivity index (χ3v) is 3.82. The minimum absolute atomic E-state index is 0. The summed E-state index contributed by atoms with van der Waals surface area (Å²) in [6.07, 6.45) is 3.49. The van der Waals surface area contributed by atoms with Crippen molar-refractivity contribution < 1.29 is 4.79 Å². The van der Waals surface area contributed by atoms with Gasteiger partial charge in [-0.25, -0.2) is 0 Å².